The Balaban J connectivity index is 2.39. The van der Waals surface area contributed by atoms with E-state index in [0.717, 1.165) is 3.70 Å². The minimum Gasteiger partial charge on any atom is -0.447 e. The van der Waals surface area contributed by atoms with Crippen LogP contribution in [0.2, 0.25) is 0 Å². The minimum atomic E-state index is -0.307. The van der Waals surface area contributed by atoms with Crippen molar-refractivity contribution in [2.24, 2.45) is 0 Å². The van der Waals surface area contributed by atoms with Crippen molar-refractivity contribution in [2.75, 3.05) is 18.1 Å². The van der Waals surface area contributed by atoms with Crippen LogP contribution >= 0.6 is 22.6 Å². The van der Waals surface area contributed by atoms with E-state index in [1.807, 2.05) is 4.57 Å². The molecule has 82 valence electrons. The Morgan fingerprint density at radius 3 is 2.87 bits per heavy atom. The number of anilines is 1. The van der Waals surface area contributed by atoms with E-state index in [1.54, 1.807) is 11.1 Å². The number of aromatic nitrogens is 2. The van der Waals surface area contributed by atoms with Gasteiger partial charge in [0.25, 0.3) is 0 Å². The predicted molar refractivity (Wildman–Crippen MR) is 64.0 cm³/mol. The molecule has 0 atom stereocenters. The number of carbonyl (C=O) groups is 1. The molecule has 1 fully saturated rings. The molecule has 6 heteroatoms. The highest BCUT2D eigenvalue weighted by atomic mass is 127. The van der Waals surface area contributed by atoms with Gasteiger partial charge in [0.2, 0.25) is 5.95 Å². The molecule has 2 heterocycles. The third-order valence-corrected chi connectivity index (χ3v) is 3.05. The lowest BCUT2D eigenvalue weighted by Crippen LogP contribution is -2.27. The molecule has 0 bridgehead atoms. The number of hydrogen-bond acceptors (Lipinski definition) is 3. The largest absolute Gasteiger partial charge is 0.447 e. The second-order valence-electron chi connectivity index (χ2n) is 3.61. The zero-order valence-corrected chi connectivity index (χ0v) is 10.8. The maximum absolute atomic E-state index is 11.4. The van der Waals surface area contributed by atoms with Crippen LogP contribution in [-0.2, 0) is 4.74 Å². The maximum Gasteiger partial charge on any atom is 0.416 e. The van der Waals surface area contributed by atoms with Crippen molar-refractivity contribution in [1.29, 1.82) is 0 Å². The summed E-state index contributed by atoms with van der Waals surface area (Å²) in [7, 11) is 0. The van der Waals surface area contributed by atoms with Gasteiger partial charge in [0.1, 0.15) is 10.3 Å². The summed E-state index contributed by atoms with van der Waals surface area (Å²) >= 11 is 2.21. The summed E-state index contributed by atoms with van der Waals surface area (Å²) in [5.41, 5.74) is 0. The van der Waals surface area contributed by atoms with Crippen LogP contribution in [0.4, 0.5) is 10.7 Å². The van der Waals surface area contributed by atoms with E-state index in [4.69, 9.17) is 4.74 Å². The molecule has 1 aromatic rings. The smallest absolute Gasteiger partial charge is 0.416 e. The Labute approximate surface area is 102 Å². The lowest BCUT2D eigenvalue weighted by Gasteiger charge is -2.17. The van der Waals surface area contributed by atoms with Crippen LogP contribution in [0.3, 0.4) is 0 Å². The van der Waals surface area contributed by atoms with E-state index in [9.17, 15) is 4.79 Å². The molecule has 0 radical (unpaired) electrons. The Kier molecular flexibility index (Phi) is 2.85. The minimum absolute atomic E-state index is 0.280. The van der Waals surface area contributed by atoms with E-state index in [0.29, 0.717) is 19.1 Å². The monoisotopic (exact) mass is 321 g/mol. The highest BCUT2D eigenvalue weighted by Gasteiger charge is 2.28. The normalized spacial score (nSPS) is 16.3. The van der Waals surface area contributed by atoms with Crippen LogP contribution in [0.15, 0.2) is 6.20 Å². The van der Waals surface area contributed by atoms with Gasteiger partial charge in [0.15, 0.2) is 0 Å². The first kappa shape index (κ1) is 10.7. The van der Waals surface area contributed by atoms with Crippen LogP contribution in [0.25, 0.3) is 0 Å². The molecular formula is C9H12IN3O2. The van der Waals surface area contributed by atoms with Gasteiger partial charge in [0.05, 0.1) is 12.7 Å². The van der Waals surface area contributed by atoms with Crippen LogP contribution in [0.1, 0.15) is 19.9 Å². The highest BCUT2D eigenvalue weighted by molar-refractivity contribution is 14.1. The number of cyclic esters (lactones) is 1. The fourth-order valence-electron chi connectivity index (χ4n) is 1.58. The van der Waals surface area contributed by atoms with Gasteiger partial charge >= 0.3 is 6.09 Å². The summed E-state index contributed by atoms with van der Waals surface area (Å²) in [4.78, 5) is 17.2. The van der Waals surface area contributed by atoms with Crippen LogP contribution in [-0.4, -0.2) is 28.8 Å². The van der Waals surface area contributed by atoms with Crippen molar-refractivity contribution < 1.29 is 9.53 Å². The van der Waals surface area contributed by atoms with Gasteiger partial charge in [-0.1, -0.05) is 0 Å². The van der Waals surface area contributed by atoms with Crippen LogP contribution in [0, 0.1) is 3.70 Å². The zero-order valence-electron chi connectivity index (χ0n) is 8.61. The Morgan fingerprint density at radius 1 is 1.60 bits per heavy atom. The van der Waals surface area contributed by atoms with Crippen LogP contribution in [0.5, 0.6) is 0 Å². The molecule has 0 N–H and O–H groups in total. The average molecular weight is 321 g/mol. The first-order chi connectivity index (χ1) is 7.11. The molecule has 0 aliphatic carbocycles. The van der Waals surface area contributed by atoms with Gasteiger partial charge in [-0.15, -0.1) is 0 Å². The summed E-state index contributed by atoms with van der Waals surface area (Å²) in [6.07, 6.45) is 1.46. The summed E-state index contributed by atoms with van der Waals surface area (Å²) in [5.74, 6) is 0.678. The number of halogens is 1. The molecule has 2 rings (SSSR count). The van der Waals surface area contributed by atoms with Crippen molar-refractivity contribution in [3.8, 4) is 0 Å². The number of carbonyl (C=O) groups excluding carboxylic acids is 1. The molecule has 1 aliphatic rings. The quantitative estimate of drug-likeness (QED) is 0.783. The van der Waals surface area contributed by atoms with E-state index < -0.39 is 0 Å². The van der Waals surface area contributed by atoms with Crippen molar-refractivity contribution in [2.45, 2.75) is 19.9 Å². The SMILES string of the molecule is CC(C)n1c(I)cnc1N1CCOC1=O. The molecule has 0 spiro atoms. The highest BCUT2D eigenvalue weighted by Crippen LogP contribution is 2.24. The van der Waals surface area contributed by atoms with E-state index in [1.165, 1.54) is 0 Å². The molecule has 0 unspecified atom stereocenters. The molecule has 15 heavy (non-hydrogen) atoms. The summed E-state index contributed by atoms with van der Waals surface area (Å²) in [6.45, 7) is 5.16. The maximum atomic E-state index is 11.4. The van der Waals surface area contributed by atoms with Gasteiger partial charge < -0.3 is 9.30 Å². The molecule has 5 nitrogen and oxygen atoms in total. The Bertz CT molecular complexity index is 389. The fourth-order valence-corrected chi connectivity index (χ4v) is 2.50. The van der Waals surface area contributed by atoms with E-state index in [2.05, 4.69) is 41.4 Å². The summed E-state index contributed by atoms with van der Waals surface area (Å²) in [6, 6.07) is 0.280. The van der Waals surface area contributed by atoms with Crippen molar-refractivity contribution in [3.63, 3.8) is 0 Å². The van der Waals surface area contributed by atoms with Gasteiger partial charge in [-0.05, 0) is 36.4 Å². The topological polar surface area (TPSA) is 47.4 Å². The van der Waals surface area contributed by atoms with Gasteiger partial charge in [0, 0.05) is 6.04 Å². The molecule has 0 saturated carbocycles. The molecule has 0 aromatic carbocycles. The molecule has 1 aromatic heterocycles. The molecule has 1 aliphatic heterocycles. The molecular weight excluding hydrogens is 309 g/mol. The molecule has 1 saturated heterocycles. The second-order valence-corrected chi connectivity index (χ2v) is 4.72. The number of rotatable bonds is 2. The average Bonchev–Trinajstić information content (AvgIpc) is 2.71. The number of hydrogen-bond donors (Lipinski definition) is 0. The standard InChI is InChI=1S/C9H12IN3O2/c1-6(2)13-7(10)5-11-8(13)12-3-4-15-9(12)14/h5-6H,3-4H2,1-2H3. The van der Waals surface area contributed by atoms with Crippen molar-refractivity contribution >= 4 is 34.6 Å². The summed E-state index contributed by atoms with van der Waals surface area (Å²) < 4.78 is 7.94. The number of nitrogens with zero attached hydrogens (tertiary/aromatic N) is 3. The first-order valence-corrected chi connectivity index (χ1v) is 5.86. The summed E-state index contributed by atoms with van der Waals surface area (Å²) in [5, 5.41) is 0. The lowest BCUT2D eigenvalue weighted by molar-refractivity contribution is 0.180. The predicted octanol–water partition coefficient (Wildman–Crippen LogP) is 2.03. The van der Waals surface area contributed by atoms with E-state index >= 15 is 0 Å². The number of imidazole rings is 1. The third kappa shape index (κ3) is 1.82. The lowest BCUT2D eigenvalue weighted by atomic mass is 10.4. The van der Waals surface area contributed by atoms with Crippen molar-refractivity contribution in [1.82, 2.24) is 9.55 Å². The number of ether oxygens (including phenoxy) is 1. The van der Waals surface area contributed by atoms with Gasteiger partial charge in [-0.2, -0.15) is 0 Å². The zero-order chi connectivity index (χ0) is 11.0. The van der Waals surface area contributed by atoms with Gasteiger partial charge in [-0.25, -0.2) is 14.7 Å². The first-order valence-electron chi connectivity index (χ1n) is 4.78. The van der Waals surface area contributed by atoms with Crippen LogP contribution < -0.4 is 4.90 Å². The number of amides is 1. The van der Waals surface area contributed by atoms with Gasteiger partial charge in [-0.3, -0.25) is 0 Å². The molecule has 1 amide bonds. The fraction of sp³-hybridized carbons (Fsp3) is 0.556. The van der Waals surface area contributed by atoms with E-state index in [-0.39, 0.29) is 12.1 Å². The van der Waals surface area contributed by atoms with Crippen molar-refractivity contribution in [3.05, 3.63) is 9.90 Å². The third-order valence-electron chi connectivity index (χ3n) is 2.25. The Hall–Kier alpha value is -0.790. The second kappa shape index (κ2) is 3.99. The Morgan fingerprint density at radius 2 is 2.33 bits per heavy atom.